The lowest BCUT2D eigenvalue weighted by Crippen LogP contribution is -2.28. The van der Waals surface area contributed by atoms with Gasteiger partial charge in [0.1, 0.15) is 5.82 Å². The molecule has 1 unspecified atom stereocenters. The van der Waals surface area contributed by atoms with Gasteiger partial charge in [-0.1, -0.05) is 18.2 Å². The van der Waals surface area contributed by atoms with Gasteiger partial charge in [-0.2, -0.15) is 9.78 Å². The summed E-state index contributed by atoms with van der Waals surface area (Å²) >= 11 is 0. The standard InChI is InChI=1S/C17H21N5O/c1-10-3-2-4-11-12(6-8-20-15(10)11)17(23)22-16(18)13-5-7-19-9-14(13)21-22/h2-4,12,19-20H,5-9,18H2,1H3. The van der Waals surface area contributed by atoms with Gasteiger partial charge < -0.3 is 16.4 Å². The molecule has 4 N–H and O–H groups in total. The van der Waals surface area contributed by atoms with Crippen LogP contribution in [0.5, 0.6) is 0 Å². The van der Waals surface area contributed by atoms with Crippen molar-refractivity contribution in [1.82, 2.24) is 15.1 Å². The lowest BCUT2D eigenvalue weighted by atomic mass is 9.88. The van der Waals surface area contributed by atoms with Crippen LogP contribution in [-0.4, -0.2) is 28.8 Å². The summed E-state index contributed by atoms with van der Waals surface area (Å²) in [6.07, 6.45) is 1.59. The highest BCUT2D eigenvalue weighted by Gasteiger charge is 2.31. The third kappa shape index (κ3) is 2.21. The second kappa shape index (κ2) is 5.38. The lowest BCUT2D eigenvalue weighted by Gasteiger charge is -2.27. The number of carbonyl (C=O) groups is 1. The van der Waals surface area contributed by atoms with Crippen LogP contribution in [0.25, 0.3) is 0 Å². The number of aryl methyl sites for hydroxylation is 1. The van der Waals surface area contributed by atoms with Gasteiger partial charge in [-0.3, -0.25) is 4.79 Å². The number of rotatable bonds is 1. The molecule has 0 radical (unpaired) electrons. The van der Waals surface area contributed by atoms with Crippen LogP contribution >= 0.6 is 0 Å². The Morgan fingerprint density at radius 2 is 2.26 bits per heavy atom. The summed E-state index contributed by atoms with van der Waals surface area (Å²) in [6.45, 7) is 4.41. The van der Waals surface area contributed by atoms with Gasteiger partial charge in [0.05, 0.1) is 11.6 Å². The molecule has 23 heavy (non-hydrogen) atoms. The number of benzene rings is 1. The zero-order valence-corrected chi connectivity index (χ0v) is 13.2. The van der Waals surface area contributed by atoms with E-state index in [2.05, 4.69) is 28.7 Å². The second-order valence-corrected chi connectivity index (χ2v) is 6.29. The summed E-state index contributed by atoms with van der Waals surface area (Å²) in [6, 6.07) is 6.09. The SMILES string of the molecule is Cc1cccc2c1NCCC2C(=O)n1nc2c(c1N)CCNC2. The fourth-order valence-electron chi connectivity index (χ4n) is 3.64. The minimum Gasteiger partial charge on any atom is -0.385 e. The summed E-state index contributed by atoms with van der Waals surface area (Å²) < 4.78 is 1.43. The van der Waals surface area contributed by atoms with E-state index >= 15 is 0 Å². The highest BCUT2D eigenvalue weighted by atomic mass is 16.2. The summed E-state index contributed by atoms with van der Waals surface area (Å²) in [5.74, 6) is 0.298. The summed E-state index contributed by atoms with van der Waals surface area (Å²) in [5.41, 5.74) is 11.4. The van der Waals surface area contributed by atoms with Crippen LogP contribution in [-0.2, 0) is 13.0 Å². The zero-order chi connectivity index (χ0) is 16.0. The highest BCUT2D eigenvalue weighted by molar-refractivity contribution is 5.90. The van der Waals surface area contributed by atoms with Gasteiger partial charge in [-0.25, -0.2) is 0 Å². The Bertz CT molecular complexity index is 780. The minimum absolute atomic E-state index is 0.0229. The average molecular weight is 311 g/mol. The van der Waals surface area contributed by atoms with Crippen LogP contribution < -0.4 is 16.4 Å². The van der Waals surface area contributed by atoms with E-state index < -0.39 is 0 Å². The van der Waals surface area contributed by atoms with Crippen LogP contribution in [0.4, 0.5) is 11.5 Å². The molecule has 0 fully saturated rings. The number of anilines is 2. The van der Waals surface area contributed by atoms with Gasteiger partial charge >= 0.3 is 0 Å². The number of hydrogen-bond acceptors (Lipinski definition) is 5. The fraction of sp³-hybridized carbons (Fsp3) is 0.412. The molecule has 6 heteroatoms. The maximum Gasteiger partial charge on any atom is 0.256 e. The molecule has 0 amide bonds. The van der Waals surface area contributed by atoms with E-state index in [0.717, 1.165) is 54.0 Å². The number of nitrogens with two attached hydrogens (primary N) is 1. The van der Waals surface area contributed by atoms with E-state index in [1.807, 2.05) is 12.1 Å². The third-order valence-corrected chi connectivity index (χ3v) is 4.87. The predicted molar refractivity (Wildman–Crippen MR) is 89.7 cm³/mol. The number of hydrogen-bond donors (Lipinski definition) is 3. The summed E-state index contributed by atoms with van der Waals surface area (Å²) in [5, 5.41) is 11.2. The molecule has 0 bridgehead atoms. The second-order valence-electron chi connectivity index (χ2n) is 6.29. The quantitative estimate of drug-likeness (QED) is 0.746. The number of nitrogens with one attached hydrogen (secondary N) is 2. The van der Waals surface area contributed by atoms with Gasteiger partial charge in [0, 0.05) is 24.3 Å². The number of para-hydroxylation sites is 1. The van der Waals surface area contributed by atoms with Crippen molar-refractivity contribution in [1.29, 1.82) is 0 Å². The Balaban J connectivity index is 1.74. The van der Waals surface area contributed by atoms with Crippen molar-refractivity contribution >= 4 is 17.4 Å². The number of carbonyl (C=O) groups excluding carboxylic acids is 1. The van der Waals surface area contributed by atoms with E-state index in [4.69, 9.17) is 5.73 Å². The topological polar surface area (TPSA) is 85.0 Å². The minimum atomic E-state index is -0.192. The Hall–Kier alpha value is -2.34. The molecule has 0 saturated heterocycles. The van der Waals surface area contributed by atoms with Gasteiger partial charge in [0.25, 0.3) is 5.91 Å². The Morgan fingerprint density at radius 1 is 1.39 bits per heavy atom. The molecule has 0 saturated carbocycles. The van der Waals surface area contributed by atoms with Crippen LogP contribution in [0.3, 0.4) is 0 Å². The van der Waals surface area contributed by atoms with Gasteiger partial charge in [-0.05, 0) is 37.4 Å². The first-order valence-electron chi connectivity index (χ1n) is 8.11. The van der Waals surface area contributed by atoms with Crippen LogP contribution in [0.15, 0.2) is 18.2 Å². The molecule has 0 spiro atoms. The van der Waals surface area contributed by atoms with Crippen molar-refractivity contribution < 1.29 is 4.79 Å². The number of fused-ring (bicyclic) bond motifs is 2. The van der Waals surface area contributed by atoms with E-state index in [1.54, 1.807) is 0 Å². The molecule has 3 heterocycles. The molecular weight excluding hydrogens is 290 g/mol. The van der Waals surface area contributed by atoms with Crippen molar-refractivity contribution in [3.05, 3.63) is 40.6 Å². The monoisotopic (exact) mass is 311 g/mol. The zero-order valence-electron chi connectivity index (χ0n) is 13.2. The van der Waals surface area contributed by atoms with Crippen molar-refractivity contribution in [3.63, 3.8) is 0 Å². The average Bonchev–Trinajstić information content (AvgIpc) is 2.92. The first-order valence-corrected chi connectivity index (χ1v) is 8.11. The van der Waals surface area contributed by atoms with Gasteiger partial charge in [0.15, 0.2) is 0 Å². The van der Waals surface area contributed by atoms with E-state index in [9.17, 15) is 4.79 Å². The van der Waals surface area contributed by atoms with Gasteiger partial charge in [-0.15, -0.1) is 0 Å². The normalized spacial score (nSPS) is 19.6. The Morgan fingerprint density at radius 3 is 3.09 bits per heavy atom. The van der Waals surface area contributed by atoms with Gasteiger partial charge in [0.2, 0.25) is 0 Å². The van der Waals surface area contributed by atoms with E-state index in [-0.39, 0.29) is 11.8 Å². The third-order valence-electron chi connectivity index (χ3n) is 4.87. The number of nitrogens with zero attached hydrogens (tertiary/aromatic N) is 2. The van der Waals surface area contributed by atoms with Crippen LogP contribution in [0.1, 0.15) is 39.5 Å². The number of nitrogen functional groups attached to an aromatic ring is 1. The molecule has 2 aromatic rings. The molecule has 1 aromatic carbocycles. The molecule has 2 aliphatic rings. The molecule has 1 atom stereocenters. The van der Waals surface area contributed by atoms with Crippen molar-refractivity contribution in [2.75, 3.05) is 24.1 Å². The van der Waals surface area contributed by atoms with Crippen LogP contribution in [0, 0.1) is 6.92 Å². The Labute approximate surface area is 135 Å². The van der Waals surface area contributed by atoms with E-state index in [1.165, 1.54) is 4.68 Å². The largest absolute Gasteiger partial charge is 0.385 e. The highest BCUT2D eigenvalue weighted by Crippen LogP contribution is 2.35. The smallest absolute Gasteiger partial charge is 0.256 e. The maximum atomic E-state index is 13.1. The molecule has 1 aromatic heterocycles. The molecule has 2 aliphatic heterocycles. The maximum absolute atomic E-state index is 13.1. The first kappa shape index (κ1) is 14.3. The first-order chi connectivity index (χ1) is 11.2. The van der Waals surface area contributed by atoms with Crippen LogP contribution in [0.2, 0.25) is 0 Å². The summed E-state index contributed by atoms with van der Waals surface area (Å²) in [4.78, 5) is 13.1. The molecule has 6 nitrogen and oxygen atoms in total. The molecule has 120 valence electrons. The Kier molecular flexibility index (Phi) is 3.34. The molecule has 4 rings (SSSR count). The molecule has 0 aliphatic carbocycles. The lowest BCUT2D eigenvalue weighted by molar-refractivity contribution is 0.0859. The predicted octanol–water partition coefficient (Wildman–Crippen LogP) is 1.66. The van der Waals surface area contributed by atoms with E-state index in [0.29, 0.717) is 12.4 Å². The fourth-order valence-corrected chi connectivity index (χ4v) is 3.64. The molecular formula is C17H21N5O. The summed E-state index contributed by atoms with van der Waals surface area (Å²) in [7, 11) is 0. The number of aromatic nitrogens is 2. The van der Waals surface area contributed by atoms with Crippen molar-refractivity contribution in [2.24, 2.45) is 0 Å². The van der Waals surface area contributed by atoms with Crippen molar-refractivity contribution in [3.8, 4) is 0 Å². The van der Waals surface area contributed by atoms with Crippen molar-refractivity contribution in [2.45, 2.75) is 32.2 Å².